The van der Waals surface area contributed by atoms with E-state index in [1.165, 1.54) is 10.8 Å². The van der Waals surface area contributed by atoms with Gasteiger partial charge in [-0.05, 0) is 24.3 Å². The third-order valence-electron chi connectivity index (χ3n) is 3.02. The highest BCUT2D eigenvalue weighted by Gasteiger charge is 1.87. The molecule has 0 bridgehead atoms. The number of para-hydroxylation sites is 2. The van der Waals surface area contributed by atoms with Crippen molar-refractivity contribution >= 4 is 34.2 Å². The van der Waals surface area contributed by atoms with Crippen LogP contribution >= 0.6 is 12.4 Å². The van der Waals surface area contributed by atoms with E-state index in [1.54, 1.807) is 0 Å². The van der Waals surface area contributed by atoms with E-state index in [0.29, 0.717) is 0 Å². The van der Waals surface area contributed by atoms with Gasteiger partial charge in [0, 0.05) is 23.2 Å². The van der Waals surface area contributed by atoms with E-state index in [9.17, 15) is 0 Å². The monoisotopic (exact) mass is 294 g/mol. The van der Waals surface area contributed by atoms with Crippen LogP contribution in [0.4, 0.5) is 0 Å². The number of nitrogens with zero attached hydrogens (tertiary/aromatic N) is 2. The van der Waals surface area contributed by atoms with Crippen LogP contribution in [0.2, 0.25) is 0 Å². The lowest BCUT2D eigenvalue weighted by atomic mass is 10.2. The molecule has 0 unspecified atom stereocenters. The van der Waals surface area contributed by atoms with Crippen molar-refractivity contribution in [3.63, 3.8) is 0 Å². The largest absolute Gasteiger partial charge is 0.256 e. The number of rotatable bonds is 0. The second kappa shape index (κ2) is 7.36. The Labute approximate surface area is 129 Å². The Kier molecular flexibility index (Phi) is 5.24. The lowest BCUT2D eigenvalue weighted by Crippen LogP contribution is -1.73. The summed E-state index contributed by atoms with van der Waals surface area (Å²) in [7, 11) is 0. The molecule has 0 N–H and O–H groups in total. The minimum atomic E-state index is 0. The maximum atomic E-state index is 4.18. The predicted octanol–water partition coefficient (Wildman–Crippen LogP) is 4.89. The molecule has 0 saturated heterocycles. The van der Waals surface area contributed by atoms with E-state index < -0.39 is 0 Å². The minimum absolute atomic E-state index is 0. The molecule has 0 saturated carbocycles. The summed E-state index contributed by atoms with van der Waals surface area (Å²) in [5.74, 6) is 0. The second-order valence-electron chi connectivity index (χ2n) is 4.39. The van der Waals surface area contributed by atoms with Gasteiger partial charge in [0.25, 0.3) is 0 Å². The Morgan fingerprint density at radius 3 is 1.29 bits per heavy atom. The maximum absolute atomic E-state index is 4.18. The first kappa shape index (κ1) is 14.9. The number of aromatic nitrogens is 2. The number of fused-ring (bicyclic) bond motifs is 2. The van der Waals surface area contributed by atoms with E-state index in [1.807, 2.05) is 60.9 Å². The van der Waals surface area contributed by atoms with Crippen LogP contribution in [-0.2, 0) is 0 Å². The summed E-state index contributed by atoms with van der Waals surface area (Å²) in [6, 6.07) is 24.2. The number of halogens is 1. The Morgan fingerprint density at radius 2 is 0.857 bits per heavy atom. The zero-order valence-electron chi connectivity index (χ0n) is 11.4. The Morgan fingerprint density at radius 1 is 0.476 bits per heavy atom. The fourth-order valence-corrected chi connectivity index (χ4v) is 2.03. The molecule has 0 amide bonds. The quantitative estimate of drug-likeness (QED) is 0.461. The van der Waals surface area contributed by atoms with Gasteiger partial charge < -0.3 is 0 Å². The summed E-state index contributed by atoms with van der Waals surface area (Å²) in [4.78, 5) is 8.36. The van der Waals surface area contributed by atoms with Crippen LogP contribution in [0.1, 0.15) is 0 Å². The SMILES string of the molecule is Cl.c1ccc2ncccc2c1.c1ccc2ncccc2c1. The van der Waals surface area contributed by atoms with Crippen LogP contribution in [0.25, 0.3) is 21.8 Å². The zero-order valence-corrected chi connectivity index (χ0v) is 12.2. The summed E-state index contributed by atoms with van der Waals surface area (Å²) in [5, 5.41) is 2.40. The smallest absolute Gasteiger partial charge is 0.0701 e. The number of benzene rings is 2. The summed E-state index contributed by atoms with van der Waals surface area (Å²) in [5.41, 5.74) is 2.12. The van der Waals surface area contributed by atoms with Crippen LogP contribution in [0.5, 0.6) is 0 Å². The van der Waals surface area contributed by atoms with Gasteiger partial charge in [0.1, 0.15) is 0 Å². The van der Waals surface area contributed by atoms with Gasteiger partial charge in [0.15, 0.2) is 0 Å². The maximum Gasteiger partial charge on any atom is 0.0701 e. The first-order valence-electron chi connectivity index (χ1n) is 6.53. The molecule has 2 heterocycles. The van der Waals surface area contributed by atoms with E-state index in [-0.39, 0.29) is 12.4 Å². The Balaban J connectivity index is 0.000000147. The lowest BCUT2D eigenvalue weighted by molar-refractivity contribution is 1.41. The molecule has 0 radical (unpaired) electrons. The summed E-state index contributed by atoms with van der Waals surface area (Å²) in [6.45, 7) is 0. The average Bonchev–Trinajstić information content (AvgIpc) is 2.56. The topological polar surface area (TPSA) is 25.8 Å². The van der Waals surface area contributed by atoms with Crippen molar-refractivity contribution in [2.75, 3.05) is 0 Å². The van der Waals surface area contributed by atoms with E-state index in [2.05, 4.69) is 34.2 Å². The van der Waals surface area contributed by atoms with E-state index >= 15 is 0 Å². The molecule has 0 spiro atoms. The van der Waals surface area contributed by atoms with Crippen LogP contribution in [-0.4, -0.2) is 9.97 Å². The lowest BCUT2D eigenvalue weighted by Gasteiger charge is -1.91. The second-order valence-corrected chi connectivity index (χ2v) is 4.39. The molecule has 3 heteroatoms. The molecule has 0 aliphatic carbocycles. The Bertz CT molecular complexity index is 628. The van der Waals surface area contributed by atoms with Crippen LogP contribution < -0.4 is 0 Å². The molecule has 0 atom stereocenters. The van der Waals surface area contributed by atoms with Crippen molar-refractivity contribution in [3.8, 4) is 0 Å². The molecule has 21 heavy (non-hydrogen) atoms. The molecular weight excluding hydrogens is 280 g/mol. The highest BCUT2D eigenvalue weighted by atomic mass is 35.5. The van der Waals surface area contributed by atoms with Gasteiger partial charge in [0.2, 0.25) is 0 Å². The predicted molar refractivity (Wildman–Crippen MR) is 90.7 cm³/mol. The molecule has 4 aromatic rings. The normalized spacial score (nSPS) is 9.52. The molecule has 2 nitrogen and oxygen atoms in total. The third kappa shape index (κ3) is 3.77. The highest BCUT2D eigenvalue weighted by molar-refractivity contribution is 5.85. The van der Waals surface area contributed by atoms with Crippen LogP contribution in [0, 0.1) is 0 Å². The number of pyridine rings is 2. The standard InChI is InChI=1S/2C9H7N.ClH/c2*1-2-6-9-8(4-1)5-3-7-10-9;/h2*1-7H;1H. The number of hydrogen-bond acceptors (Lipinski definition) is 2. The molecular formula is C18H15ClN2. The summed E-state index contributed by atoms with van der Waals surface area (Å²) < 4.78 is 0. The fraction of sp³-hybridized carbons (Fsp3) is 0. The van der Waals surface area contributed by atoms with Crippen molar-refractivity contribution in [1.29, 1.82) is 0 Å². The fourth-order valence-electron chi connectivity index (χ4n) is 2.03. The first-order valence-corrected chi connectivity index (χ1v) is 6.53. The molecule has 0 aliphatic heterocycles. The average molecular weight is 295 g/mol. The van der Waals surface area contributed by atoms with Crippen molar-refractivity contribution in [1.82, 2.24) is 9.97 Å². The highest BCUT2D eigenvalue weighted by Crippen LogP contribution is 2.08. The first-order chi connectivity index (χ1) is 9.93. The van der Waals surface area contributed by atoms with Gasteiger partial charge in [-0.3, -0.25) is 9.97 Å². The van der Waals surface area contributed by atoms with Gasteiger partial charge in [0.05, 0.1) is 11.0 Å². The van der Waals surface area contributed by atoms with Crippen molar-refractivity contribution in [3.05, 3.63) is 85.2 Å². The van der Waals surface area contributed by atoms with E-state index in [0.717, 1.165) is 11.0 Å². The summed E-state index contributed by atoms with van der Waals surface area (Å²) >= 11 is 0. The molecule has 0 fully saturated rings. The van der Waals surface area contributed by atoms with Crippen molar-refractivity contribution < 1.29 is 0 Å². The molecule has 2 aromatic carbocycles. The minimum Gasteiger partial charge on any atom is -0.256 e. The van der Waals surface area contributed by atoms with Gasteiger partial charge in [-0.2, -0.15) is 0 Å². The van der Waals surface area contributed by atoms with Gasteiger partial charge >= 0.3 is 0 Å². The molecule has 0 aliphatic rings. The van der Waals surface area contributed by atoms with Gasteiger partial charge in [-0.15, -0.1) is 12.4 Å². The van der Waals surface area contributed by atoms with E-state index in [4.69, 9.17) is 0 Å². The Hall–Kier alpha value is -2.45. The van der Waals surface area contributed by atoms with Crippen molar-refractivity contribution in [2.45, 2.75) is 0 Å². The number of hydrogen-bond donors (Lipinski definition) is 0. The van der Waals surface area contributed by atoms with Gasteiger partial charge in [-0.1, -0.05) is 48.5 Å². The van der Waals surface area contributed by atoms with Crippen molar-refractivity contribution in [2.24, 2.45) is 0 Å². The summed E-state index contributed by atoms with van der Waals surface area (Å²) in [6.07, 6.45) is 3.62. The van der Waals surface area contributed by atoms with Crippen LogP contribution in [0.15, 0.2) is 85.2 Å². The molecule has 2 aromatic heterocycles. The zero-order chi connectivity index (χ0) is 13.6. The van der Waals surface area contributed by atoms with Gasteiger partial charge in [-0.25, -0.2) is 0 Å². The third-order valence-corrected chi connectivity index (χ3v) is 3.02. The molecule has 104 valence electrons. The van der Waals surface area contributed by atoms with Crippen LogP contribution in [0.3, 0.4) is 0 Å². The molecule has 4 rings (SSSR count).